The molecule has 0 N–H and O–H groups in total. The van der Waals surface area contributed by atoms with Gasteiger partial charge in [-0.2, -0.15) is 0 Å². The lowest BCUT2D eigenvalue weighted by Gasteiger charge is -1.94. The third-order valence-electron chi connectivity index (χ3n) is 2.12. The van der Waals surface area contributed by atoms with Crippen LogP contribution in [-0.2, 0) is 6.42 Å². The summed E-state index contributed by atoms with van der Waals surface area (Å²) in [6, 6.07) is 4.03. The van der Waals surface area contributed by atoms with Gasteiger partial charge in [-0.15, -0.1) is 0 Å². The quantitative estimate of drug-likeness (QED) is 0.727. The maximum Gasteiger partial charge on any atom is 0.137 e. The van der Waals surface area contributed by atoms with E-state index in [2.05, 4.69) is 24.7 Å². The highest BCUT2D eigenvalue weighted by Crippen LogP contribution is 2.08. The first-order valence-electron chi connectivity index (χ1n) is 5.43. The van der Waals surface area contributed by atoms with Crippen LogP contribution in [0, 0.1) is 0 Å². The number of imidazole rings is 1. The number of aromatic nitrogens is 2. The number of rotatable bonds is 2. The molecule has 0 aliphatic rings. The Kier molecular flexibility index (Phi) is 4.10. The summed E-state index contributed by atoms with van der Waals surface area (Å²) in [6.45, 7) is 9.84. The molecular formula is C13H18N2. The lowest BCUT2D eigenvalue weighted by molar-refractivity contribution is 1.07. The molecule has 0 saturated heterocycles. The summed E-state index contributed by atoms with van der Waals surface area (Å²) < 4.78 is 2.04. The Hall–Kier alpha value is -1.57. The topological polar surface area (TPSA) is 17.3 Å². The Labute approximate surface area is 91.3 Å². The van der Waals surface area contributed by atoms with Gasteiger partial charge >= 0.3 is 0 Å². The van der Waals surface area contributed by atoms with Crippen LogP contribution in [0.2, 0.25) is 0 Å². The van der Waals surface area contributed by atoms with Crippen LogP contribution in [0.15, 0.2) is 31.1 Å². The first-order valence-corrected chi connectivity index (χ1v) is 5.43. The molecule has 80 valence electrons. The average molecular weight is 202 g/mol. The molecule has 0 saturated carbocycles. The van der Waals surface area contributed by atoms with Crippen molar-refractivity contribution in [3.8, 4) is 0 Å². The van der Waals surface area contributed by atoms with Crippen molar-refractivity contribution >= 4 is 11.7 Å². The highest BCUT2D eigenvalue weighted by Gasteiger charge is 1.98. The fraction of sp³-hybridized carbons (Fsp3) is 0.308. The summed E-state index contributed by atoms with van der Waals surface area (Å²) >= 11 is 0. The SMILES string of the molecule is C=Cc1ccc2nc(CC)cn2c1.CC. The molecule has 0 radical (unpaired) electrons. The minimum atomic E-state index is 0.977. The van der Waals surface area contributed by atoms with Crippen LogP contribution in [0.25, 0.3) is 11.7 Å². The third-order valence-corrected chi connectivity index (χ3v) is 2.12. The van der Waals surface area contributed by atoms with E-state index in [4.69, 9.17) is 0 Å². The summed E-state index contributed by atoms with van der Waals surface area (Å²) in [7, 11) is 0. The van der Waals surface area contributed by atoms with E-state index in [0.29, 0.717) is 0 Å². The number of pyridine rings is 1. The molecular weight excluding hydrogens is 184 g/mol. The van der Waals surface area contributed by atoms with Crippen molar-refractivity contribution < 1.29 is 0 Å². The molecule has 2 aromatic rings. The van der Waals surface area contributed by atoms with Gasteiger partial charge in [-0.05, 0) is 24.1 Å². The predicted octanol–water partition coefficient (Wildman–Crippen LogP) is 3.57. The average Bonchev–Trinajstić information content (AvgIpc) is 2.73. The molecule has 0 fully saturated rings. The van der Waals surface area contributed by atoms with Crippen molar-refractivity contribution in [3.63, 3.8) is 0 Å². The molecule has 0 amide bonds. The summed E-state index contributed by atoms with van der Waals surface area (Å²) in [5, 5.41) is 0. The number of nitrogens with zero attached hydrogens (tertiary/aromatic N) is 2. The zero-order valence-electron chi connectivity index (χ0n) is 9.70. The summed E-state index contributed by atoms with van der Waals surface area (Å²) in [4.78, 5) is 4.44. The Morgan fingerprint density at radius 3 is 2.67 bits per heavy atom. The summed E-state index contributed by atoms with van der Waals surface area (Å²) in [5.41, 5.74) is 3.25. The van der Waals surface area contributed by atoms with Gasteiger partial charge in [0, 0.05) is 12.4 Å². The minimum absolute atomic E-state index is 0.977. The van der Waals surface area contributed by atoms with Gasteiger partial charge in [0.2, 0.25) is 0 Å². The number of fused-ring (bicyclic) bond motifs is 1. The fourth-order valence-corrected chi connectivity index (χ4v) is 1.35. The molecule has 2 heteroatoms. The van der Waals surface area contributed by atoms with Crippen molar-refractivity contribution in [2.24, 2.45) is 0 Å². The standard InChI is InChI=1S/C11H12N2.C2H6/c1-3-9-5-6-11-12-10(4-2)8-13(11)7-9;1-2/h3,5-8H,1,4H2,2H3;1-2H3. The van der Waals surface area contributed by atoms with E-state index in [1.165, 1.54) is 0 Å². The van der Waals surface area contributed by atoms with Crippen LogP contribution in [0.1, 0.15) is 32.0 Å². The van der Waals surface area contributed by atoms with E-state index >= 15 is 0 Å². The number of aryl methyl sites for hydroxylation is 1. The summed E-state index contributed by atoms with van der Waals surface area (Å²) in [5.74, 6) is 0. The second-order valence-corrected chi connectivity index (χ2v) is 3.02. The number of hydrogen-bond donors (Lipinski definition) is 0. The molecule has 0 spiro atoms. The van der Waals surface area contributed by atoms with Crippen molar-refractivity contribution in [2.75, 3.05) is 0 Å². The first kappa shape index (κ1) is 11.5. The lowest BCUT2D eigenvalue weighted by atomic mass is 10.3. The van der Waals surface area contributed by atoms with Gasteiger partial charge in [-0.25, -0.2) is 4.98 Å². The van der Waals surface area contributed by atoms with Crippen molar-refractivity contribution in [2.45, 2.75) is 27.2 Å². The normalized spacial score (nSPS) is 9.53. The van der Waals surface area contributed by atoms with Gasteiger partial charge in [-0.1, -0.05) is 33.4 Å². The predicted molar refractivity (Wildman–Crippen MR) is 66.0 cm³/mol. The minimum Gasteiger partial charge on any atom is -0.306 e. The molecule has 0 bridgehead atoms. The van der Waals surface area contributed by atoms with Crippen LogP contribution >= 0.6 is 0 Å². The zero-order chi connectivity index (χ0) is 11.3. The van der Waals surface area contributed by atoms with Crippen LogP contribution in [0.4, 0.5) is 0 Å². The molecule has 2 nitrogen and oxygen atoms in total. The number of hydrogen-bond acceptors (Lipinski definition) is 1. The van der Waals surface area contributed by atoms with E-state index in [1.807, 2.05) is 42.7 Å². The molecule has 0 unspecified atom stereocenters. The van der Waals surface area contributed by atoms with Gasteiger partial charge in [0.05, 0.1) is 5.69 Å². The van der Waals surface area contributed by atoms with Gasteiger partial charge in [0.15, 0.2) is 0 Å². The van der Waals surface area contributed by atoms with E-state index in [9.17, 15) is 0 Å². The Balaban J connectivity index is 0.000000531. The second-order valence-electron chi connectivity index (χ2n) is 3.02. The molecule has 2 heterocycles. The van der Waals surface area contributed by atoms with E-state index in [1.54, 1.807) is 0 Å². The fourth-order valence-electron chi connectivity index (χ4n) is 1.35. The Morgan fingerprint density at radius 2 is 2.07 bits per heavy atom. The van der Waals surface area contributed by atoms with Gasteiger partial charge in [0.1, 0.15) is 5.65 Å². The molecule has 15 heavy (non-hydrogen) atoms. The summed E-state index contributed by atoms with van der Waals surface area (Å²) in [6.07, 6.45) is 6.91. The van der Waals surface area contributed by atoms with Crippen LogP contribution < -0.4 is 0 Å². The van der Waals surface area contributed by atoms with Crippen LogP contribution in [0.5, 0.6) is 0 Å². The van der Waals surface area contributed by atoms with E-state index in [0.717, 1.165) is 23.3 Å². The van der Waals surface area contributed by atoms with Gasteiger partial charge in [0.25, 0.3) is 0 Å². The van der Waals surface area contributed by atoms with Crippen molar-refractivity contribution in [1.82, 2.24) is 9.38 Å². The monoisotopic (exact) mass is 202 g/mol. The van der Waals surface area contributed by atoms with Crippen molar-refractivity contribution in [1.29, 1.82) is 0 Å². The van der Waals surface area contributed by atoms with E-state index in [-0.39, 0.29) is 0 Å². The smallest absolute Gasteiger partial charge is 0.137 e. The Bertz CT molecular complexity index is 441. The van der Waals surface area contributed by atoms with Crippen LogP contribution in [0.3, 0.4) is 0 Å². The molecule has 0 aliphatic heterocycles. The third kappa shape index (κ3) is 2.46. The maximum atomic E-state index is 4.44. The molecule has 2 rings (SSSR count). The molecule has 0 aromatic carbocycles. The molecule has 0 aliphatic carbocycles. The zero-order valence-corrected chi connectivity index (χ0v) is 9.70. The highest BCUT2D eigenvalue weighted by molar-refractivity contribution is 5.51. The van der Waals surface area contributed by atoms with E-state index < -0.39 is 0 Å². The van der Waals surface area contributed by atoms with Gasteiger partial charge < -0.3 is 4.40 Å². The van der Waals surface area contributed by atoms with Crippen LogP contribution in [-0.4, -0.2) is 9.38 Å². The Morgan fingerprint density at radius 1 is 1.33 bits per heavy atom. The molecule has 0 atom stereocenters. The molecule has 2 aromatic heterocycles. The largest absolute Gasteiger partial charge is 0.306 e. The highest BCUT2D eigenvalue weighted by atomic mass is 15.0. The first-order chi connectivity index (χ1) is 7.33. The van der Waals surface area contributed by atoms with Crippen molar-refractivity contribution in [3.05, 3.63) is 42.4 Å². The van der Waals surface area contributed by atoms with Gasteiger partial charge in [-0.3, -0.25) is 0 Å². The lowest BCUT2D eigenvalue weighted by Crippen LogP contribution is -1.82. The maximum absolute atomic E-state index is 4.44. The second kappa shape index (κ2) is 5.35.